The number of hydrogen-bond donors (Lipinski definition) is 0. The molecule has 0 aliphatic carbocycles. The van der Waals surface area contributed by atoms with Gasteiger partial charge in [-0.15, -0.1) is 54.6 Å². The van der Waals surface area contributed by atoms with Gasteiger partial charge in [-0.1, -0.05) is 109 Å². The number of hydrogen-bond acceptors (Lipinski definition) is 1. The molecule has 31 heteroatoms. The maximum absolute atomic E-state index is 7.43. The predicted octanol–water partition coefficient (Wildman–Crippen LogP) is -21.8. The van der Waals surface area contributed by atoms with Crippen LogP contribution in [-0.4, -0.2) is 235 Å². The maximum Gasteiger partial charge on any atom is 0.141 e. The molecule has 0 aliphatic heterocycles. The number of benzene rings is 10. The Hall–Kier alpha value is -4.75. The van der Waals surface area contributed by atoms with Crippen molar-refractivity contribution in [2.24, 2.45) is 0 Å². The van der Waals surface area contributed by atoms with E-state index in [-0.39, 0.29) is 273 Å². The van der Waals surface area contributed by atoms with Crippen molar-refractivity contribution in [1.29, 1.82) is 0 Å². The third kappa shape index (κ3) is 7.30. The van der Waals surface area contributed by atoms with Crippen molar-refractivity contribution in [2.75, 3.05) is 0 Å². The summed E-state index contributed by atoms with van der Waals surface area (Å²) in [5.74, 6) is 0. The van der Waals surface area contributed by atoms with Crippen molar-refractivity contribution in [3.05, 3.63) is 0 Å². The van der Waals surface area contributed by atoms with E-state index < -0.39 is 0 Å². The van der Waals surface area contributed by atoms with Crippen LogP contribution >= 0.6 is 0 Å². The lowest BCUT2D eigenvalue weighted by Crippen LogP contribution is -2.53. The fourth-order valence-electron chi connectivity index (χ4n) is 11.8. The molecular weight excluding hydrogens is 941 g/mol. The van der Waals surface area contributed by atoms with Crippen LogP contribution in [-0.2, 0) is 0 Å². The van der Waals surface area contributed by atoms with Gasteiger partial charge in [-0.3, -0.25) is 0 Å². The van der Waals surface area contributed by atoms with Crippen molar-refractivity contribution in [2.45, 2.75) is 0 Å². The third-order valence-electron chi connectivity index (χ3n) is 16.0. The Morgan fingerprint density at radius 2 is 0.284 bits per heavy atom. The quantitative estimate of drug-likeness (QED) is 0.127. The minimum absolute atomic E-state index is 0.000594. The van der Waals surface area contributed by atoms with E-state index >= 15 is 0 Å². The molecule has 60 radical (unpaired) electrons. The first-order valence-corrected chi connectivity index (χ1v) is 23.8. The number of fused-ring (bicyclic) bond motifs is 9. The molecule has 1 nitrogen and oxygen atoms in total. The molecule has 0 bridgehead atoms. The maximum atomic E-state index is 7.43. The smallest absolute Gasteiger partial charge is 0.141 e. The Kier molecular flexibility index (Phi) is 13.9. The highest BCUT2D eigenvalue weighted by molar-refractivity contribution is 6.78. The van der Waals surface area contributed by atoms with Crippen LogP contribution in [0.5, 0.6) is 0 Å². The lowest BCUT2D eigenvalue weighted by Gasteiger charge is -2.33. The van der Waals surface area contributed by atoms with E-state index in [4.69, 9.17) is 240 Å². The lowest BCUT2D eigenvalue weighted by atomic mass is 9.55. The predicted molar refractivity (Wildman–Crippen MR) is 379 cm³/mol. The SMILES string of the molecule is [B]c1c(-c2c3c([B])c([B])c([B])c([B])c3c(-c3c([B])c([B])c(-c4c([B])c([B])c5c([B])c([B])c([B])c([B])c5c4[B])c4c([B])c([B])c([B])c([B])c34)c3c([B])c([B])c([B])c([B])c23)c([B])c2c(oc3c4c([B])c([B])c([B])c([B])c4c([B])c([B])c32)c1[B]. The van der Waals surface area contributed by atoms with Gasteiger partial charge in [0.25, 0.3) is 0 Å². The van der Waals surface area contributed by atoms with Crippen molar-refractivity contribution in [3.8, 4) is 33.4 Å². The lowest BCUT2D eigenvalue weighted by molar-refractivity contribution is 0.676. The summed E-state index contributed by atoms with van der Waals surface area (Å²) in [5, 5.41) is 0.160. The van der Waals surface area contributed by atoms with E-state index in [1.54, 1.807) is 0 Å². The monoisotopic (exact) mass is 946 g/mol. The molecule has 11 rings (SSSR count). The first-order chi connectivity index (χ1) is 37.8. The third-order valence-corrected chi connectivity index (χ3v) is 16.0. The molecule has 0 saturated heterocycles. The Balaban J connectivity index is 1.42. The van der Waals surface area contributed by atoms with Crippen molar-refractivity contribution >= 4 is 475 Å². The summed E-state index contributed by atoms with van der Waals surface area (Å²) in [6, 6.07) is 0. The molecule has 0 N–H and O–H groups in total. The second-order valence-electron chi connectivity index (χ2n) is 19.9. The van der Waals surface area contributed by atoms with Gasteiger partial charge in [-0.2, -0.15) is 0 Å². The molecular formula is C50B30O. The molecule has 81 heavy (non-hydrogen) atoms. The molecule has 0 atom stereocenters. The van der Waals surface area contributed by atoms with Crippen molar-refractivity contribution < 1.29 is 4.42 Å². The Morgan fingerprint density at radius 1 is 0.111 bits per heavy atom. The highest BCUT2D eigenvalue weighted by Gasteiger charge is 2.32. The second kappa shape index (κ2) is 19.4. The molecule has 296 valence electrons. The van der Waals surface area contributed by atoms with E-state index in [1.807, 2.05) is 0 Å². The van der Waals surface area contributed by atoms with Gasteiger partial charge in [0.1, 0.15) is 247 Å². The summed E-state index contributed by atoms with van der Waals surface area (Å²) in [6.45, 7) is 0. The molecule has 10 aromatic carbocycles. The van der Waals surface area contributed by atoms with Gasteiger partial charge < -0.3 is 4.42 Å². The average Bonchev–Trinajstić information content (AvgIpc) is 3.12. The summed E-state index contributed by atoms with van der Waals surface area (Å²) >= 11 is 0. The molecule has 1 aromatic heterocycles. The normalized spacial score (nSPS) is 12.0. The summed E-state index contributed by atoms with van der Waals surface area (Å²) < 4.78 is 6.50. The molecule has 1 heterocycles. The van der Waals surface area contributed by atoms with E-state index in [0.717, 1.165) is 0 Å². The second-order valence-corrected chi connectivity index (χ2v) is 19.9. The van der Waals surface area contributed by atoms with Crippen LogP contribution in [0.25, 0.3) is 109 Å². The van der Waals surface area contributed by atoms with Gasteiger partial charge in [-0.05, 0) is 81.9 Å². The Morgan fingerprint density at radius 3 is 0.654 bits per heavy atom. The Labute approximate surface area is 509 Å². The summed E-state index contributed by atoms with van der Waals surface area (Å²) in [7, 11) is 206. The highest BCUT2D eigenvalue weighted by Crippen LogP contribution is 2.42. The van der Waals surface area contributed by atoms with Crippen LogP contribution in [0, 0.1) is 0 Å². The van der Waals surface area contributed by atoms with Gasteiger partial charge >= 0.3 is 0 Å². The molecule has 0 unspecified atom stereocenters. The standard InChI is InChI=1S/C50B30O/c51-19-12(29(61)30(62)14-13(19)32(64)44(76)45(77)33(14)65)10-9-8(27(59)42(74)43(75)28(9)60)5(21(53)22(10)54)1-3-6(25(57)40(72)38(70)23(3)55)2(7-4(1)24(56)39(71)41(73)26(7)58)11-20(52)17-18-36(68)31(63)15-16(37(69)47(79)46(78)34(15)66)49(18)81-50(17)48(80)35(11)67. The number of rotatable bonds is 3. The molecule has 0 aliphatic rings. The van der Waals surface area contributed by atoms with Crippen LogP contribution in [0.1, 0.15) is 0 Å². The molecule has 11 aromatic rings. The molecule has 0 fully saturated rings. The van der Waals surface area contributed by atoms with E-state index in [0.29, 0.717) is 0 Å². The largest absolute Gasteiger partial charge is 0.456 e. The average molecular weight is 941 g/mol. The van der Waals surface area contributed by atoms with Gasteiger partial charge in [0.15, 0.2) is 0 Å². The van der Waals surface area contributed by atoms with Crippen LogP contribution < -0.4 is 164 Å². The number of furan rings is 1. The van der Waals surface area contributed by atoms with Gasteiger partial charge in [0, 0.05) is 16.2 Å². The first-order valence-electron chi connectivity index (χ1n) is 23.8. The van der Waals surface area contributed by atoms with E-state index in [1.165, 1.54) is 0 Å². The zero-order valence-corrected chi connectivity index (χ0v) is 42.7. The van der Waals surface area contributed by atoms with Gasteiger partial charge in [0.2, 0.25) is 0 Å². The summed E-state index contributed by atoms with van der Waals surface area (Å²) in [4.78, 5) is 0. The van der Waals surface area contributed by atoms with E-state index in [2.05, 4.69) is 0 Å². The minimum Gasteiger partial charge on any atom is -0.456 e. The molecule has 0 saturated carbocycles. The van der Waals surface area contributed by atoms with Gasteiger partial charge in [0.05, 0.1) is 0 Å². The van der Waals surface area contributed by atoms with Crippen LogP contribution in [0.4, 0.5) is 0 Å². The van der Waals surface area contributed by atoms with Crippen molar-refractivity contribution in [3.63, 3.8) is 0 Å². The fourth-order valence-corrected chi connectivity index (χ4v) is 11.8. The zero-order valence-electron chi connectivity index (χ0n) is 42.7. The van der Waals surface area contributed by atoms with Crippen LogP contribution in [0.3, 0.4) is 0 Å². The Bertz CT molecular complexity index is 4850. The zero-order chi connectivity index (χ0) is 59.6. The summed E-state index contributed by atoms with van der Waals surface area (Å²) in [5.41, 5.74) is -5.76. The molecule has 0 spiro atoms. The summed E-state index contributed by atoms with van der Waals surface area (Å²) in [6.07, 6.45) is 0. The van der Waals surface area contributed by atoms with Crippen molar-refractivity contribution in [1.82, 2.24) is 0 Å². The molecule has 0 amide bonds. The van der Waals surface area contributed by atoms with Gasteiger partial charge in [-0.25, -0.2) is 0 Å². The van der Waals surface area contributed by atoms with E-state index in [9.17, 15) is 0 Å². The fraction of sp³-hybridized carbons (Fsp3) is 0. The van der Waals surface area contributed by atoms with Crippen LogP contribution in [0.2, 0.25) is 0 Å². The van der Waals surface area contributed by atoms with Crippen LogP contribution in [0.15, 0.2) is 4.42 Å². The topological polar surface area (TPSA) is 13.1 Å². The minimum atomic E-state index is -0.302. The first kappa shape index (κ1) is 58.0. The highest BCUT2D eigenvalue weighted by atomic mass is 16.3.